The van der Waals surface area contributed by atoms with Crippen molar-refractivity contribution in [2.45, 2.75) is 4.90 Å². The van der Waals surface area contributed by atoms with Gasteiger partial charge in [-0.15, -0.1) is 11.8 Å². The van der Waals surface area contributed by atoms with E-state index in [4.69, 9.17) is 23.2 Å². The van der Waals surface area contributed by atoms with Crippen LogP contribution in [0.1, 0.15) is 10.4 Å². The number of Topliss-reactive ketones (excluding diaryl/α,β-unsaturated/α-hetero) is 1. The molecule has 2 aromatic rings. The van der Waals surface area contributed by atoms with Crippen LogP contribution >= 0.6 is 35.0 Å². The third kappa shape index (κ3) is 3.52. The molecule has 2 rings (SSSR count). The Morgan fingerprint density at radius 2 is 1.72 bits per heavy atom. The average molecular weight is 297 g/mol. The number of carbonyl (C=O) groups is 1. The van der Waals surface area contributed by atoms with E-state index < -0.39 is 0 Å². The first-order chi connectivity index (χ1) is 8.66. The van der Waals surface area contributed by atoms with Crippen molar-refractivity contribution in [3.63, 3.8) is 0 Å². The van der Waals surface area contributed by atoms with Crippen LogP contribution in [-0.2, 0) is 0 Å². The minimum Gasteiger partial charge on any atom is -0.293 e. The molecule has 0 aromatic heterocycles. The van der Waals surface area contributed by atoms with Crippen molar-refractivity contribution in [3.05, 3.63) is 64.1 Å². The lowest BCUT2D eigenvalue weighted by Crippen LogP contribution is -2.02. The summed E-state index contributed by atoms with van der Waals surface area (Å²) in [5.74, 6) is 0.435. The van der Waals surface area contributed by atoms with Gasteiger partial charge < -0.3 is 0 Å². The van der Waals surface area contributed by atoms with Crippen molar-refractivity contribution in [2.75, 3.05) is 5.75 Å². The second-order valence-corrected chi connectivity index (χ2v) is 5.52. The van der Waals surface area contributed by atoms with Crippen molar-refractivity contribution in [1.82, 2.24) is 0 Å². The first kappa shape index (κ1) is 13.5. The summed E-state index contributed by atoms with van der Waals surface area (Å²) in [7, 11) is 0. The van der Waals surface area contributed by atoms with Gasteiger partial charge in [-0.25, -0.2) is 0 Å². The summed E-state index contributed by atoms with van der Waals surface area (Å²) in [6, 6.07) is 14.8. The summed E-state index contributed by atoms with van der Waals surface area (Å²) in [5.41, 5.74) is 0.591. The van der Waals surface area contributed by atoms with Crippen LogP contribution in [0.25, 0.3) is 0 Å². The molecule has 0 atom stereocenters. The van der Waals surface area contributed by atoms with Crippen molar-refractivity contribution in [2.24, 2.45) is 0 Å². The highest BCUT2D eigenvalue weighted by Gasteiger charge is 2.08. The van der Waals surface area contributed by atoms with Crippen LogP contribution in [0.5, 0.6) is 0 Å². The number of hydrogen-bond donors (Lipinski definition) is 0. The van der Waals surface area contributed by atoms with Crippen LogP contribution in [0, 0.1) is 0 Å². The lowest BCUT2D eigenvalue weighted by molar-refractivity contribution is 0.102. The average Bonchev–Trinajstić information content (AvgIpc) is 2.40. The molecule has 0 heterocycles. The largest absolute Gasteiger partial charge is 0.293 e. The van der Waals surface area contributed by atoms with Gasteiger partial charge in [0, 0.05) is 10.5 Å². The van der Waals surface area contributed by atoms with Gasteiger partial charge in [-0.1, -0.05) is 41.4 Å². The standard InChI is InChI=1S/C14H10Cl2OS/c15-12-7-6-10(8-13(12)16)14(17)9-18-11-4-2-1-3-5-11/h1-8H,9H2. The maximum absolute atomic E-state index is 12.0. The molecular formula is C14H10Cl2OS. The van der Waals surface area contributed by atoms with E-state index in [1.54, 1.807) is 18.2 Å². The van der Waals surface area contributed by atoms with E-state index in [0.717, 1.165) is 4.90 Å². The van der Waals surface area contributed by atoms with E-state index in [0.29, 0.717) is 21.4 Å². The van der Waals surface area contributed by atoms with Gasteiger partial charge in [0.15, 0.2) is 5.78 Å². The molecule has 1 nitrogen and oxygen atoms in total. The third-order valence-corrected chi connectivity index (χ3v) is 4.11. The highest BCUT2D eigenvalue weighted by molar-refractivity contribution is 8.00. The molecule has 92 valence electrons. The van der Waals surface area contributed by atoms with Crippen LogP contribution in [-0.4, -0.2) is 11.5 Å². The van der Waals surface area contributed by atoms with E-state index in [1.165, 1.54) is 11.8 Å². The van der Waals surface area contributed by atoms with E-state index in [2.05, 4.69) is 0 Å². The fourth-order valence-corrected chi connectivity index (χ4v) is 2.53. The van der Waals surface area contributed by atoms with E-state index in [-0.39, 0.29) is 5.78 Å². The maximum Gasteiger partial charge on any atom is 0.173 e. The Balaban J connectivity index is 2.02. The molecule has 4 heteroatoms. The lowest BCUT2D eigenvalue weighted by atomic mass is 10.1. The SMILES string of the molecule is O=C(CSc1ccccc1)c1ccc(Cl)c(Cl)c1. The Hall–Kier alpha value is -0.960. The maximum atomic E-state index is 12.0. The van der Waals surface area contributed by atoms with Crippen molar-refractivity contribution >= 4 is 40.7 Å². The summed E-state index contributed by atoms with van der Waals surface area (Å²) in [4.78, 5) is 13.0. The molecule has 18 heavy (non-hydrogen) atoms. The van der Waals surface area contributed by atoms with Gasteiger partial charge in [-0.05, 0) is 30.3 Å². The highest BCUT2D eigenvalue weighted by atomic mass is 35.5. The number of carbonyl (C=O) groups excluding carboxylic acids is 1. The Labute approximate surface area is 120 Å². The monoisotopic (exact) mass is 296 g/mol. The molecule has 0 spiro atoms. The predicted molar refractivity (Wildman–Crippen MR) is 78.0 cm³/mol. The van der Waals surface area contributed by atoms with Gasteiger partial charge in [0.2, 0.25) is 0 Å². The summed E-state index contributed by atoms with van der Waals surface area (Å²) < 4.78 is 0. The van der Waals surface area contributed by atoms with Crippen LogP contribution in [0.3, 0.4) is 0 Å². The van der Waals surface area contributed by atoms with E-state index in [1.807, 2.05) is 30.3 Å². The van der Waals surface area contributed by atoms with Crippen LogP contribution in [0.15, 0.2) is 53.4 Å². The minimum absolute atomic E-state index is 0.0439. The first-order valence-corrected chi connectivity index (χ1v) is 7.07. The Bertz CT molecular complexity index is 555. The minimum atomic E-state index is 0.0439. The molecule has 0 saturated heterocycles. The number of benzene rings is 2. The van der Waals surface area contributed by atoms with Gasteiger partial charge in [-0.3, -0.25) is 4.79 Å². The van der Waals surface area contributed by atoms with Crippen LogP contribution in [0.4, 0.5) is 0 Å². The number of ketones is 1. The molecule has 0 N–H and O–H groups in total. The molecule has 0 unspecified atom stereocenters. The molecule has 0 aliphatic carbocycles. The topological polar surface area (TPSA) is 17.1 Å². The Morgan fingerprint density at radius 3 is 2.39 bits per heavy atom. The van der Waals surface area contributed by atoms with Gasteiger partial charge in [0.25, 0.3) is 0 Å². The van der Waals surface area contributed by atoms with Gasteiger partial charge in [0.05, 0.1) is 15.8 Å². The smallest absolute Gasteiger partial charge is 0.173 e. The van der Waals surface area contributed by atoms with Crippen molar-refractivity contribution < 1.29 is 4.79 Å². The van der Waals surface area contributed by atoms with Crippen molar-refractivity contribution in [3.8, 4) is 0 Å². The molecule has 0 radical (unpaired) electrons. The van der Waals surface area contributed by atoms with Gasteiger partial charge >= 0.3 is 0 Å². The highest BCUT2D eigenvalue weighted by Crippen LogP contribution is 2.24. The number of thioether (sulfide) groups is 1. The molecule has 0 bridgehead atoms. The fourth-order valence-electron chi connectivity index (χ4n) is 1.42. The van der Waals surface area contributed by atoms with Gasteiger partial charge in [-0.2, -0.15) is 0 Å². The van der Waals surface area contributed by atoms with E-state index >= 15 is 0 Å². The Kier molecular flexibility index (Phi) is 4.70. The number of hydrogen-bond acceptors (Lipinski definition) is 2. The fraction of sp³-hybridized carbons (Fsp3) is 0.0714. The molecule has 0 fully saturated rings. The zero-order chi connectivity index (χ0) is 13.0. The normalized spacial score (nSPS) is 10.3. The quantitative estimate of drug-likeness (QED) is 0.585. The first-order valence-electron chi connectivity index (χ1n) is 5.33. The number of halogens is 2. The third-order valence-electron chi connectivity index (χ3n) is 2.35. The molecule has 0 amide bonds. The van der Waals surface area contributed by atoms with Crippen molar-refractivity contribution in [1.29, 1.82) is 0 Å². The molecule has 0 aliphatic rings. The molecule has 0 aliphatic heterocycles. The summed E-state index contributed by atoms with van der Waals surface area (Å²) in [6.07, 6.45) is 0. The lowest BCUT2D eigenvalue weighted by Gasteiger charge is -2.03. The van der Waals surface area contributed by atoms with E-state index in [9.17, 15) is 4.79 Å². The number of rotatable bonds is 4. The summed E-state index contributed by atoms with van der Waals surface area (Å²) in [5, 5.41) is 0.871. The molecule has 2 aromatic carbocycles. The zero-order valence-corrected chi connectivity index (χ0v) is 11.7. The molecular weight excluding hydrogens is 287 g/mol. The predicted octanol–water partition coefficient (Wildman–Crippen LogP) is 4.97. The Morgan fingerprint density at radius 1 is 1.00 bits per heavy atom. The van der Waals surface area contributed by atoms with Crippen LogP contribution < -0.4 is 0 Å². The summed E-state index contributed by atoms with van der Waals surface area (Å²) in [6.45, 7) is 0. The van der Waals surface area contributed by atoms with Gasteiger partial charge in [0.1, 0.15) is 0 Å². The summed E-state index contributed by atoms with van der Waals surface area (Å²) >= 11 is 13.2. The second kappa shape index (κ2) is 6.28. The zero-order valence-electron chi connectivity index (χ0n) is 9.40. The second-order valence-electron chi connectivity index (χ2n) is 3.65. The molecule has 0 saturated carbocycles. The van der Waals surface area contributed by atoms with Crippen LogP contribution in [0.2, 0.25) is 10.0 Å².